The molecule has 6 nitrogen and oxygen atoms in total. The monoisotopic (exact) mass is 388 g/mol. The molecule has 10 heteroatoms. The summed E-state index contributed by atoms with van der Waals surface area (Å²) in [7, 11) is 0. The van der Waals surface area contributed by atoms with Crippen molar-refractivity contribution in [2.75, 3.05) is 22.9 Å². The summed E-state index contributed by atoms with van der Waals surface area (Å²) in [6, 6.07) is 6.45. The number of nitrogens with two attached hydrogens (primary N) is 4. The standard InChI is InChI=1S/C12H12N4O2.4ClH/c13-5-1-9-10(2-6(5)14)18-12-4-8(16)7(15)3-11(12)17-9;;;;/h1-4H,13-16H2;4*1H. The summed E-state index contributed by atoms with van der Waals surface area (Å²) in [4.78, 5) is 0. The van der Waals surface area contributed by atoms with Crippen LogP contribution < -0.4 is 32.4 Å². The minimum atomic E-state index is 0. The molecule has 3 rings (SSSR count). The summed E-state index contributed by atoms with van der Waals surface area (Å²) in [5.74, 6) is 1.99. The van der Waals surface area contributed by atoms with Crippen LogP contribution in [0.15, 0.2) is 24.3 Å². The van der Waals surface area contributed by atoms with E-state index in [1.807, 2.05) is 0 Å². The largest absolute Gasteiger partial charge is 0.449 e. The first-order valence-electron chi connectivity index (χ1n) is 5.28. The molecule has 0 amide bonds. The Morgan fingerprint density at radius 3 is 0.818 bits per heavy atom. The van der Waals surface area contributed by atoms with Gasteiger partial charge in [-0.15, -0.1) is 49.6 Å². The van der Waals surface area contributed by atoms with Crippen molar-refractivity contribution in [3.8, 4) is 23.0 Å². The molecule has 124 valence electrons. The average Bonchev–Trinajstić information content (AvgIpc) is 2.31. The molecule has 0 aromatic heterocycles. The molecule has 2 aromatic rings. The van der Waals surface area contributed by atoms with Gasteiger partial charge in [-0.2, -0.15) is 0 Å². The second-order valence-corrected chi connectivity index (χ2v) is 4.06. The second kappa shape index (κ2) is 8.14. The summed E-state index contributed by atoms with van der Waals surface area (Å²) >= 11 is 0. The number of ether oxygens (including phenoxy) is 2. The van der Waals surface area contributed by atoms with Gasteiger partial charge in [0.1, 0.15) is 0 Å². The molecule has 0 fully saturated rings. The van der Waals surface area contributed by atoms with Gasteiger partial charge in [0.15, 0.2) is 23.0 Å². The van der Waals surface area contributed by atoms with Gasteiger partial charge in [-0.3, -0.25) is 0 Å². The first kappa shape index (κ1) is 22.7. The zero-order valence-corrected chi connectivity index (χ0v) is 14.3. The third-order valence-corrected chi connectivity index (χ3v) is 2.74. The quantitative estimate of drug-likeness (QED) is 0.435. The van der Waals surface area contributed by atoms with Crippen LogP contribution in [0.3, 0.4) is 0 Å². The lowest BCUT2D eigenvalue weighted by Gasteiger charge is -2.22. The van der Waals surface area contributed by atoms with E-state index in [-0.39, 0.29) is 49.6 Å². The molecule has 1 aliphatic heterocycles. The van der Waals surface area contributed by atoms with Gasteiger partial charge < -0.3 is 32.4 Å². The number of halogens is 4. The molecule has 0 aliphatic carbocycles. The topological polar surface area (TPSA) is 123 Å². The molecule has 0 radical (unpaired) electrons. The van der Waals surface area contributed by atoms with Crippen molar-refractivity contribution in [1.82, 2.24) is 0 Å². The van der Waals surface area contributed by atoms with Crippen LogP contribution >= 0.6 is 49.6 Å². The van der Waals surface area contributed by atoms with E-state index in [4.69, 9.17) is 32.4 Å². The zero-order valence-electron chi connectivity index (χ0n) is 11.1. The fourth-order valence-corrected chi connectivity index (χ4v) is 1.74. The predicted octanol–water partition coefficient (Wildman–Crippen LogP) is 3.60. The lowest BCUT2D eigenvalue weighted by Crippen LogP contribution is -2.04. The highest BCUT2D eigenvalue weighted by molar-refractivity contribution is 5.86. The van der Waals surface area contributed by atoms with Gasteiger partial charge >= 0.3 is 0 Å². The first-order valence-corrected chi connectivity index (χ1v) is 5.28. The summed E-state index contributed by atoms with van der Waals surface area (Å²) in [6.07, 6.45) is 0. The Kier molecular flexibility index (Phi) is 8.39. The van der Waals surface area contributed by atoms with Gasteiger partial charge in [-0.25, -0.2) is 0 Å². The molecular weight excluding hydrogens is 374 g/mol. The van der Waals surface area contributed by atoms with Crippen molar-refractivity contribution >= 4 is 72.4 Å². The van der Waals surface area contributed by atoms with Crippen molar-refractivity contribution in [2.24, 2.45) is 0 Å². The van der Waals surface area contributed by atoms with Crippen LogP contribution in [0.5, 0.6) is 23.0 Å². The van der Waals surface area contributed by atoms with Crippen molar-refractivity contribution in [1.29, 1.82) is 0 Å². The van der Waals surface area contributed by atoms with Crippen molar-refractivity contribution < 1.29 is 9.47 Å². The highest BCUT2D eigenvalue weighted by atomic mass is 35.5. The molecule has 1 aliphatic rings. The molecule has 0 saturated heterocycles. The minimum absolute atomic E-state index is 0. The highest BCUT2D eigenvalue weighted by Crippen LogP contribution is 2.48. The van der Waals surface area contributed by atoms with Crippen LogP contribution in [0.4, 0.5) is 22.7 Å². The van der Waals surface area contributed by atoms with Gasteiger partial charge in [-0.05, 0) is 0 Å². The number of hydrogen-bond acceptors (Lipinski definition) is 6. The Morgan fingerprint density at radius 2 is 0.636 bits per heavy atom. The minimum Gasteiger partial charge on any atom is -0.449 e. The maximum atomic E-state index is 5.71. The molecule has 0 atom stereocenters. The predicted molar refractivity (Wildman–Crippen MR) is 99.7 cm³/mol. The van der Waals surface area contributed by atoms with Crippen LogP contribution in [-0.2, 0) is 0 Å². The fraction of sp³-hybridized carbons (Fsp3) is 0. The van der Waals surface area contributed by atoms with E-state index in [2.05, 4.69) is 0 Å². The molecule has 0 spiro atoms. The summed E-state index contributed by atoms with van der Waals surface area (Å²) < 4.78 is 11.3. The van der Waals surface area contributed by atoms with Gasteiger partial charge in [0.25, 0.3) is 0 Å². The van der Waals surface area contributed by atoms with E-state index >= 15 is 0 Å². The highest BCUT2D eigenvalue weighted by Gasteiger charge is 2.21. The van der Waals surface area contributed by atoms with Crippen LogP contribution in [0, 0.1) is 0 Å². The number of fused-ring (bicyclic) bond motifs is 2. The number of benzene rings is 2. The summed E-state index contributed by atoms with van der Waals surface area (Å²) in [6.45, 7) is 0. The van der Waals surface area contributed by atoms with E-state index in [0.717, 1.165) is 0 Å². The fourth-order valence-electron chi connectivity index (χ4n) is 1.74. The number of rotatable bonds is 0. The molecule has 1 heterocycles. The molecule has 0 saturated carbocycles. The maximum absolute atomic E-state index is 5.71. The van der Waals surface area contributed by atoms with Gasteiger partial charge in [0, 0.05) is 24.3 Å². The first-order chi connectivity index (χ1) is 8.54. The van der Waals surface area contributed by atoms with Crippen molar-refractivity contribution in [3.63, 3.8) is 0 Å². The maximum Gasteiger partial charge on any atom is 0.172 e. The van der Waals surface area contributed by atoms with Crippen molar-refractivity contribution in [3.05, 3.63) is 24.3 Å². The molecule has 2 aromatic carbocycles. The van der Waals surface area contributed by atoms with E-state index in [1.54, 1.807) is 24.3 Å². The van der Waals surface area contributed by atoms with Crippen LogP contribution in [0.1, 0.15) is 0 Å². The Bertz CT molecular complexity index is 559. The zero-order chi connectivity index (χ0) is 12.9. The Morgan fingerprint density at radius 1 is 0.455 bits per heavy atom. The number of anilines is 4. The average molecular weight is 390 g/mol. The molecule has 22 heavy (non-hydrogen) atoms. The molecule has 0 unspecified atom stereocenters. The number of hydrogen-bond donors (Lipinski definition) is 4. The van der Waals surface area contributed by atoms with Crippen LogP contribution in [0.2, 0.25) is 0 Å². The Hall–Kier alpha value is -1.60. The van der Waals surface area contributed by atoms with Gasteiger partial charge in [0.2, 0.25) is 0 Å². The lowest BCUT2D eigenvalue weighted by molar-refractivity contribution is 0.360. The normalized spacial score (nSPS) is 9.82. The molecular formula is C12H16Cl4N4O2. The summed E-state index contributed by atoms with van der Waals surface area (Å²) in [5, 5.41) is 0. The van der Waals surface area contributed by atoms with E-state index in [9.17, 15) is 0 Å². The van der Waals surface area contributed by atoms with Crippen molar-refractivity contribution in [2.45, 2.75) is 0 Å². The lowest BCUT2D eigenvalue weighted by atomic mass is 10.2. The SMILES string of the molecule is Cl.Cl.Cl.Cl.Nc1cc2c(cc1N)Oc1cc(N)c(N)cc1O2. The summed E-state index contributed by atoms with van der Waals surface area (Å²) in [5.41, 5.74) is 24.6. The third-order valence-electron chi connectivity index (χ3n) is 2.74. The Balaban J connectivity index is 0. The van der Waals surface area contributed by atoms with Gasteiger partial charge in [0.05, 0.1) is 22.7 Å². The molecule has 8 N–H and O–H groups in total. The van der Waals surface area contributed by atoms with E-state index in [0.29, 0.717) is 45.7 Å². The molecule has 0 bridgehead atoms. The smallest absolute Gasteiger partial charge is 0.172 e. The Labute approximate surface area is 152 Å². The van der Waals surface area contributed by atoms with Gasteiger partial charge in [-0.1, -0.05) is 0 Å². The third kappa shape index (κ3) is 3.78. The van der Waals surface area contributed by atoms with E-state index in [1.165, 1.54) is 0 Å². The van der Waals surface area contributed by atoms with E-state index < -0.39 is 0 Å². The van der Waals surface area contributed by atoms with Crippen LogP contribution in [0.25, 0.3) is 0 Å². The van der Waals surface area contributed by atoms with Crippen LogP contribution in [-0.4, -0.2) is 0 Å². The number of nitrogen functional groups attached to an aromatic ring is 4. The second-order valence-electron chi connectivity index (χ2n) is 4.06.